The first-order valence-corrected chi connectivity index (χ1v) is 10.5. The van der Waals surface area contributed by atoms with E-state index in [1.807, 2.05) is 5.38 Å². The largest absolute Gasteiger partial charge is 0.410 e. The average Bonchev–Trinajstić information content (AvgIpc) is 3.29. The number of nitrogens with zero attached hydrogens (tertiary/aromatic N) is 2. The van der Waals surface area contributed by atoms with Crippen LogP contribution in [0, 0.1) is 0 Å². The molecule has 0 bridgehead atoms. The molecule has 1 aliphatic heterocycles. The molecule has 5 nitrogen and oxygen atoms in total. The van der Waals surface area contributed by atoms with E-state index in [0.29, 0.717) is 10.7 Å². The Morgan fingerprint density at radius 2 is 2.14 bits per heavy atom. The number of fused-ring (bicyclic) bond motifs is 1. The molecule has 11 heteroatoms. The molecular weight excluding hydrogens is 493 g/mol. The van der Waals surface area contributed by atoms with Gasteiger partial charge in [0.25, 0.3) is 5.91 Å². The number of thiophene rings is 1. The predicted molar refractivity (Wildman–Crippen MR) is 110 cm³/mol. The minimum atomic E-state index is -4.52. The zero-order valence-corrected chi connectivity index (χ0v) is 17.7. The van der Waals surface area contributed by atoms with Crippen LogP contribution in [0.25, 0.3) is 0 Å². The van der Waals surface area contributed by atoms with E-state index in [1.54, 1.807) is 30.3 Å². The highest BCUT2D eigenvalue weighted by atomic mass is 79.9. The number of amides is 1. The minimum Gasteiger partial charge on any atom is -0.362 e. The third-order valence-electron chi connectivity index (χ3n) is 4.48. The summed E-state index contributed by atoms with van der Waals surface area (Å²) in [6, 6.07) is 7.63. The third-order valence-corrected chi connectivity index (χ3v) is 6.45. The molecule has 0 spiro atoms. The van der Waals surface area contributed by atoms with Crippen molar-refractivity contribution in [2.75, 3.05) is 10.6 Å². The summed E-state index contributed by atoms with van der Waals surface area (Å²) < 4.78 is 42.3. The smallest absolute Gasteiger partial charge is 0.362 e. The lowest BCUT2D eigenvalue weighted by Crippen LogP contribution is -2.35. The first-order chi connectivity index (χ1) is 13.7. The van der Waals surface area contributed by atoms with E-state index in [1.165, 1.54) is 17.4 Å². The summed E-state index contributed by atoms with van der Waals surface area (Å²) in [5.74, 6) is -0.523. The van der Waals surface area contributed by atoms with Gasteiger partial charge in [0.2, 0.25) is 0 Å². The van der Waals surface area contributed by atoms with Crippen LogP contribution in [0.1, 0.15) is 33.9 Å². The molecule has 0 radical (unpaired) electrons. The monoisotopic (exact) mass is 504 g/mol. The van der Waals surface area contributed by atoms with Gasteiger partial charge in [0.1, 0.15) is 5.82 Å². The van der Waals surface area contributed by atoms with Crippen molar-refractivity contribution >= 4 is 56.3 Å². The number of hydrogen-bond donors (Lipinski definition) is 2. The normalized spacial score (nSPS) is 18.8. The molecule has 1 aromatic carbocycles. The van der Waals surface area contributed by atoms with Crippen LogP contribution in [0.4, 0.5) is 24.7 Å². The highest BCUT2D eigenvalue weighted by Gasteiger charge is 2.48. The van der Waals surface area contributed by atoms with Gasteiger partial charge in [-0.3, -0.25) is 4.79 Å². The zero-order chi connectivity index (χ0) is 20.8. The van der Waals surface area contributed by atoms with Gasteiger partial charge in [0, 0.05) is 22.0 Å². The van der Waals surface area contributed by atoms with Crippen LogP contribution in [0.5, 0.6) is 0 Å². The summed E-state index contributed by atoms with van der Waals surface area (Å²) in [6.07, 6.45) is -4.74. The Hall–Kier alpha value is -2.04. The Kier molecular flexibility index (Phi) is 5.34. The molecule has 2 aromatic heterocycles. The van der Waals surface area contributed by atoms with Crippen molar-refractivity contribution in [2.45, 2.75) is 24.7 Å². The summed E-state index contributed by atoms with van der Waals surface area (Å²) in [5, 5.41) is 11.9. The summed E-state index contributed by atoms with van der Waals surface area (Å²) in [5.41, 5.74) is 0.269. The van der Waals surface area contributed by atoms with Crippen LogP contribution in [0.2, 0.25) is 5.02 Å². The molecule has 0 saturated heterocycles. The second-order valence-corrected chi connectivity index (χ2v) is 8.63. The summed E-state index contributed by atoms with van der Waals surface area (Å²) in [6.45, 7) is 0. The van der Waals surface area contributed by atoms with Gasteiger partial charge >= 0.3 is 6.18 Å². The first kappa shape index (κ1) is 20.2. The maximum atomic E-state index is 13.8. The molecule has 2 N–H and O–H groups in total. The maximum absolute atomic E-state index is 13.8. The van der Waals surface area contributed by atoms with E-state index in [-0.39, 0.29) is 22.4 Å². The molecule has 0 saturated carbocycles. The number of carbonyl (C=O) groups is 1. The van der Waals surface area contributed by atoms with Crippen LogP contribution < -0.4 is 10.6 Å². The molecule has 1 aliphatic rings. The van der Waals surface area contributed by atoms with Gasteiger partial charge in [-0.25, -0.2) is 4.68 Å². The van der Waals surface area contributed by atoms with Crippen molar-refractivity contribution in [1.29, 1.82) is 0 Å². The van der Waals surface area contributed by atoms with Gasteiger partial charge in [-0.15, -0.1) is 11.3 Å². The van der Waals surface area contributed by atoms with E-state index in [9.17, 15) is 18.0 Å². The number of anilines is 2. The Morgan fingerprint density at radius 1 is 1.34 bits per heavy atom. The van der Waals surface area contributed by atoms with Crippen molar-refractivity contribution in [3.8, 4) is 0 Å². The maximum Gasteiger partial charge on any atom is 0.410 e. The molecule has 29 heavy (non-hydrogen) atoms. The summed E-state index contributed by atoms with van der Waals surface area (Å²) in [7, 11) is 0. The summed E-state index contributed by atoms with van der Waals surface area (Å²) in [4.78, 5) is 13.4. The number of alkyl halides is 3. The van der Waals surface area contributed by atoms with Gasteiger partial charge in [0.05, 0.1) is 10.5 Å². The molecule has 4 rings (SSSR count). The number of carbonyl (C=O) groups excluding carboxylic acids is 1. The zero-order valence-electron chi connectivity index (χ0n) is 14.5. The lowest BCUT2D eigenvalue weighted by Gasteiger charge is -2.33. The molecular formula is C18H13BrClF3N4OS. The van der Waals surface area contributed by atoms with E-state index in [0.717, 1.165) is 9.56 Å². The van der Waals surface area contributed by atoms with E-state index in [2.05, 4.69) is 31.7 Å². The number of benzene rings is 1. The van der Waals surface area contributed by atoms with Crippen molar-refractivity contribution in [3.05, 3.63) is 61.8 Å². The van der Waals surface area contributed by atoms with Gasteiger partial charge < -0.3 is 10.6 Å². The molecule has 3 aromatic rings. The molecule has 2 atom stereocenters. The number of aromatic nitrogens is 2. The number of nitrogens with one attached hydrogen (secondary N) is 2. The average molecular weight is 506 g/mol. The predicted octanol–water partition coefficient (Wildman–Crippen LogP) is 6.27. The van der Waals surface area contributed by atoms with Crippen molar-refractivity contribution in [3.63, 3.8) is 0 Å². The summed E-state index contributed by atoms with van der Waals surface area (Å²) >= 11 is 10.5. The van der Waals surface area contributed by atoms with Crippen molar-refractivity contribution in [2.24, 2.45) is 0 Å². The second-order valence-electron chi connectivity index (χ2n) is 6.43. The Morgan fingerprint density at radius 3 is 2.79 bits per heavy atom. The van der Waals surface area contributed by atoms with Gasteiger partial charge in [-0.05, 0) is 45.6 Å². The van der Waals surface area contributed by atoms with Crippen LogP contribution in [-0.4, -0.2) is 21.9 Å². The van der Waals surface area contributed by atoms with Gasteiger partial charge in [0.15, 0.2) is 11.7 Å². The van der Waals surface area contributed by atoms with Crippen molar-refractivity contribution in [1.82, 2.24) is 9.78 Å². The lowest BCUT2D eigenvalue weighted by atomic mass is 10.0. The number of halogens is 5. The van der Waals surface area contributed by atoms with E-state index in [4.69, 9.17) is 11.6 Å². The topological polar surface area (TPSA) is 59.0 Å². The fraction of sp³-hybridized carbons (Fsp3) is 0.222. The minimum absolute atomic E-state index is 0.119. The first-order valence-electron chi connectivity index (χ1n) is 8.45. The third kappa shape index (κ3) is 4.01. The van der Waals surface area contributed by atoms with Crippen LogP contribution >= 0.6 is 38.9 Å². The lowest BCUT2D eigenvalue weighted by molar-refractivity contribution is -0.173. The molecule has 3 heterocycles. The van der Waals surface area contributed by atoms with E-state index >= 15 is 0 Å². The van der Waals surface area contributed by atoms with E-state index < -0.39 is 24.2 Å². The Bertz CT molecular complexity index is 1050. The van der Waals surface area contributed by atoms with Gasteiger partial charge in [-0.1, -0.05) is 23.7 Å². The highest BCUT2D eigenvalue weighted by Crippen LogP contribution is 2.46. The SMILES string of the molecule is O=C(Nc1cccc(Cl)c1)c1nn2c(c1Br)NC(c1cccs1)CC2C(F)(F)F. The van der Waals surface area contributed by atoms with Crippen LogP contribution in [0.3, 0.4) is 0 Å². The fourth-order valence-electron chi connectivity index (χ4n) is 3.17. The Balaban J connectivity index is 1.70. The van der Waals surface area contributed by atoms with Gasteiger partial charge in [-0.2, -0.15) is 18.3 Å². The molecule has 1 amide bonds. The highest BCUT2D eigenvalue weighted by molar-refractivity contribution is 9.10. The quantitative estimate of drug-likeness (QED) is 0.441. The molecule has 0 aliphatic carbocycles. The molecule has 2 unspecified atom stereocenters. The molecule has 0 fully saturated rings. The number of rotatable bonds is 3. The standard InChI is InChI=1S/C18H13BrClF3N4OS/c19-14-15(17(28)24-10-4-1-3-9(20)7-10)26-27-13(18(21,22)23)8-11(25-16(14)27)12-5-2-6-29-12/h1-7,11,13,25H,8H2,(H,24,28). The Labute approximate surface area is 181 Å². The van der Waals surface area contributed by atoms with Crippen LogP contribution in [-0.2, 0) is 0 Å². The number of hydrogen-bond acceptors (Lipinski definition) is 4. The van der Waals surface area contributed by atoms with Crippen molar-refractivity contribution < 1.29 is 18.0 Å². The fourth-order valence-corrected chi connectivity index (χ4v) is 4.70. The molecule has 152 valence electrons. The second kappa shape index (κ2) is 7.66. The van der Waals surface area contributed by atoms with Crippen LogP contribution in [0.15, 0.2) is 46.3 Å².